The standard InChI is InChI=1S/C13H16N2OS/c1-2-14-8-9-16-13-15-12(10-17-13)11-6-4-3-5-7-11/h3-7,10,14H,2,8-9H2,1H3. The van der Waals surface area contributed by atoms with Crippen LogP contribution < -0.4 is 10.1 Å². The Morgan fingerprint density at radius 1 is 1.29 bits per heavy atom. The molecule has 0 fully saturated rings. The molecule has 4 heteroatoms. The summed E-state index contributed by atoms with van der Waals surface area (Å²) in [6.07, 6.45) is 0. The molecule has 17 heavy (non-hydrogen) atoms. The van der Waals surface area contributed by atoms with Gasteiger partial charge >= 0.3 is 0 Å². The van der Waals surface area contributed by atoms with Gasteiger partial charge < -0.3 is 10.1 Å². The van der Waals surface area contributed by atoms with Gasteiger partial charge in [0.25, 0.3) is 5.19 Å². The molecule has 0 bridgehead atoms. The fourth-order valence-corrected chi connectivity index (χ4v) is 2.16. The summed E-state index contributed by atoms with van der Waals surface area (Å²) >= 11 is 1.54. The predicted octanol–water partition coefficient (Wildman–Crippen LogP) is 2.80. The fourth-order valence-electron chi connectivity index (χ4n) is 1.45. The summed E-state index contributed by atoms with van der Waals surface area (Å²) in [5.41, 5.74) is 2.11. The molecule has 1 aromatic heterocycles. The third-order valence-electron chi connectivity index (χ3n) is 2.31. The molecule has 0 aliphatic carbocycles. The molecule has 0 saturated carbocycles. The van der Waals surface area contributed by atoms with Crippen LogP contribution in [-0.4, -0.2) is 24.7 Å². The van der Waals surface area contributed by atoms with Gasteiger partial charge in [0.15, 0.2) is 0 Å². The molecule has 0 aliphatic rings. The molecule has 2 rings (SSSR count). The topological polar surface area (TPSA) is 34.1 Å². The van der Waals surface area contributed by atoms with Gasteiger partial charge in [-0.1, -0.05) is 48.6 Å². The van der Waals surface area contributed by atoms with E-state index in [1.54, 1.807) is 11.3 Å². The predicted molar refractivity (Wildman–Crippen MR) is 71.6 cm³/mol. The summed E-state index contributed by atoms with van der Waals surface area (Å²) in [7, 11) is 0. The van der Waals surface area contributed by atoms with Gasteiger partial charge in [0.1, 0.15) is 6.61 Å². The second-order valence-corrected chi connectivity index (χ2v) is 4.39. The molecule has 0 saturated heterocycles. The highest BCUT2D eigenvalue weighted by Crippen LogP contribution is 2.25. The molecule has 0 atom stereocenters. The lowest BCUT2D eigenvalue weighted by Crippen LogP contribution is -2.20. The number of benzene rings is 1. The molecular weight excluding hydrogens is 232 g/mol. The van der Waals surface area contributed by atoms with Crippen molar-refractivity contribution in [1.29, 1.82) is 0 Å². The van der Waals surface area contributed by atoms with E-state index in [0.717, 1.165) is 29.5 Å². The van der Waals surface area contributed by atoms with Crippen molar-refractivity contribution in [2.24, 2.45) is 0 Å². The van der Waals surface area contributed by atoms with Crippen LogP contribution in [0.2, 0.25) is 0 Å². The van der Waals surface area contributed by atoms with Crippen molar-refractivity contribution in [2.75, 3.05) is 19.7 Å². The van der Waals surface area contributed by atoms with Crippen molar-refractivity contribution in [1.82, 2.24) is 10.3 Å². The average Bonchev–Trinajstić information content (AvgIpc) is 2.85. The molecule has 0 amide bonds. The van der Waals surface area contributed by atoms with Crippen LogP contribution in [0.15, 0.2) is 35.7 Å². The Bertz CT molecular complexity index is 442. The van der Waals surface area contributed by atoms with E-state index < -0.39 is 0 Å². The lowest BCUT2D eigenvalue weighted by molar-refractivity contribution is 0.314. The lowest BCUT2D eigenvalue weighted by atomic mass is 10.2. The quantitative estimate of drug-likeness (QED) is 0.798. The molecule has 2 aromatic rings. The summed E-state index contributed by atoms with van der Waals surface area (Å²) in [6, 6.07) is 10.1. The maximum absolute atomic E-state index is 5.56. The molecule has 1 N–H and O–H groups in total. The number of rotatable bonds is 6. The van der Waals surface area contributed by atoms with E-state index in [1.165, 1.54) is 0 Å². The number of nitrogens with one attached hydrogen (secondary N) is 1. The fraction of sp³-hybridized carbons (Fsp3) is 0.308. The highest BCUT2D eigenvalue weighted by Gasteiger charge is 2.04. The lowest BCUT2D eigenvalue weighted by Gasteiger charge is -2.02. The molecule has 0 aliphatic heterocycles. The van der Waals surface area contributed by atoms with E-state index in [9.17, 15) is 0 Å². The number of ether oxygens (including phenoxy) is 1. The Kier molecular flexibility index (Phi) is 4.53. The molecule has 1 heterocycles. The molecule has 1 aromatic carbocycles. The molecular formula is C13H16N2OS. The van der Waals surface area contributed by atoms with Crippen molar-refractivity contribution in [3.05, 3.63) is 35.7 Å². The maximum atomic E-state index is 5.56. The first kappa shape index (κ1) is 12.1. The van der Waals surface area contributed by atoms with Gasteiger partial charge in [0, 0.05) is 17.5 Å². The van der Waals surface area contributed by atoms with Crippen LogP contribution in [0.25, 0.3) is 11.3 Å². The second-order valence-electron chi connectivity index (χ2n) is 3.57. The number of thiazole rings is 1. The zero-order chi connectivity index (χ0) is 11.9. The van der Waals surface area contributed by atoms with E-state index in [-0.39, 0.29) is 0 Å². The van der Waals surface area contributed by atoms with E-state index in [1.807, 2.05) is 23.6 Å². The van der Waals surface area contributed by atoms with Gasteiger partial charge in [-0.25, -0.2) is 4.98 Å². The van der Waals surface area contributed by atoms with Crippen LogP contribution in [0.4, 0.5) is 0 Å². The molecule has 3 nitrogen and oxygen atoms in total. The summed E-state index contributed by atoms with van der Waals surface area (Å²) in [5, 5.41) is 5.97. The minimum absolute atomic E-state index is 0.662. The van der Waals surface area contributed by atoms with Gasteiger partial charge in [0.05, 0.1) is 5.69 Å². The van der Waals surface area contributed by atoms with E-state index in [4.69, 9.17) is 4.74 Å². The van der Waals surface area contributed by atoms with E-state index >= 15 is 0 Å². The summed E-state index contributed by atoms with van der Waals surface area (Å²) in [4.78, 5) is 4.45. The van der Waals surface area contributed by atoms with Gasteiger partial charge in [0.2, 0.25) is 0 Å². The summed E-state index contributed by atoms with van der Waals surface area (Å²) in [5.74, 6) is 0. The van der Waals surface area contributed by atoms with Crippen LogP contribution in [0, 0.1) is 0 Å². The second kappa shape index (κ2) is 6.37. The first-order valence-corrected chi connectivity index (χ1v) is 6.62. The Balaban J connectivity index is 1.92. The van der Waals surface area contributed by atoms with Gasteiger partial charge in [-0.2, -0.15) is 0 Å². The third-order valence-corrected chi connectivity index (χ3v) is 3.06. The van der Waals surface area contributed by atoms with Gasteiger partial charge in [-0.3, -0.25) is 0 Å². The number of aromatic nitrogens is 1. The van der Waals surface area contributed by atoms with E-state index in [2.05, 4.69) is 29.4 Å². The van der Waals surface area contributed by atoms with Crippen molar-refractivity contribution in [3.63, 3.8) is 0 Å². The maximum Gasteiger partial charge on any atom is 0.273 e. The first-order valence-electron chi connectivity index (χ1n) is 5.74. The van der Waals surface area contributed by atoms with Gasteiger partial charge in [-0.05, 0) is 6.54 Å². The van der Waals surface area contributed by atoms with Crippen molar-refractivity contribution >= 4 is 11.3 Å². The Morgan fingerprint density at radius 3 is 2.88 bits per heavy atom. The molecule has 0 spiro atoms. The van der Waals surface area contributed by atoms with Crippen LogP contribution in [0.3, 0.4) is 0 Å². The SMILES string of the molecule is CCNCCOc1nc(-c2ccccc2)cs1. The minimum atomic E-state index is 0.662. The average molecular weight is 248 g/mol. The van der Waals surface area contributed by atoms with Crippen LogP contribution in [-0.2, 0) is 0 Å². The number of hydrogen-bond acceptors (Lipinski definition) is 4. The number of likely N-dealkylation sites (N-methyl/N-ethyl adjacent to an activating group) is 1. The monoisotopic (exact) mass is 248 g/mol. The summed E-state index contributed by atoms with van der Waals surface area (Å²) < 4.78 is 5.56. The normalized spacial score (nSPS) is 10.4. The van der Waals surface area contributed by atoms with Crippen molar-refractivity contribution < 1.29 is 4.74 Å². The Labute approximate surface area is 105 Å². The van der Waals surface area contributed by atoms with Crippen molar-refractivity contribution in [3.8, 4) is 16.5 Å². The Morgan fingerprint density at radius 2 is 2.12 bits per heavy atom. The molecule has 0 radical (unpaired) electrons. The van der Waals surface area contributed by atoms with E-state index in [0.29, 0.717) is 6.61 Å². The number of nitrogens with zero attached hydrogens (tertiary/aromatic N) is 1. The zero-order valence-electron chi connectivity index (χ0n) is 9.85. The van der Waals surface area contributed by atoms with Crippen LogP contribution >= 0.6 is 11.3 Å². The molecule has 0 unspecified atom stereocenters. The zero-order valence-corrected chi connectivity index (χ0v) is 10.7. The van der Waals surface area contributed by atoms with Crippen LogP contribution in [0.5, 0.6) is 5.19 Å². The van der Waals surface area contributed by atoms with Gasteiger partial charge in [-0.15, -0.1) is 0 Å². The highest BCUT2D eigenvalue weighted by molar-refractivity contribution is 7.11. The number of hydrogen-bond donors (Lipinski definition) is 1. The largest absolute Gasteiger partial charge is 0.469 e. The van der Waals surface area contributed by atoms with Crippen molar-refractivity contribution in [2.45, 2.75) is 6.92 Å². The van der Waals surface area contributed by atoms with Crippen LogP contribution in [0.1, 0.15) is 6.92 Å². The third kappa shape index (κ3) is 3.54. The molecule has 90 valence electrons. The first-order chi connectivity index (χ1) is 8.40. The Hall–Kier alpha value is -1.39. The minimum Gasteiger partial charge on any atom is -0.469 e. The highest BCUT2D eigenvalue weighted by atomic mass is 32.1. The summed E-state index contributed by atoms with van der Waals surface area (Å²) in [6.45, 7) is 4.57. The smallest absolute Gasteiger partial charge is 0.273 e.